The predicted molar refractivity (Wildman–Crippen MR) is 91.1 cm³/mol. The number of amides is 1. The van der Waals surface area contributed by atoms with Gasteiger partial charge in [-0.05, 0) is 29.8 Å². The molecule has 0 aromatic carbocycles. The Bertz CT molecular complexity index is 829. The van der Waals surface area contributed by atoms with E-state index in [-0.39, 0.29) is 5.91 Å². The second-order valence-corrected chi connectivity index (χ2v) is 5.47. The van der Waals surface area contributed by atoms with Crippen LogP contribution in [0.1, 0.15) is 15.9 Å². The lowest BCUT2D eigenvalue weighted by molar-refractivity contribution is 0.0950. The van der Waals surface area contributed by atoms with Gasteiger partial charge in [0.1, 0.15) is 18.0 Å². The molecule has 0 aliphatic heterocycles. The SMILES string of the molecule is CN(C)c1cc(CNC(=O)c2ccnc(-n3ccnc3)c2)ccn1. The summed E-state index contributed by atoms with van der Waals surface area (Å²) in [6.07, 6.45) is 8.44. The van der Waals surface area contributed by atoms with Gasteiger partial charge in [-0.25, -0.2) is 15.0 Å². The molecule has 0 bridgehead atoms. The summed E-state index contributed by atoms with van der Waals surface area (Å²) in [4.78, 5) is 26.8. The molecule has 7 heteroatoms. The van der Waals surface area contributed by atoms with E-state index in [0.29, 0.717) is 17.9 Å². The van der Waals surface area contributed by atoms with Crippen LogP contribution in [0, 0.1) is 0 Å². The first-order chi connectivity index (χ1) is 11.6. The van der Waals surface area contributed by atoms with Crippen LogP contribution < -0.4 is 10.2 Å². The summed E-state index contributed by atoms with van der Waals surface area (Å²) < 4.78 is 1.75. The fourth-order valence-electron chi connectivity index (χ4n) is 2.19. The first-order valence-electron chi connectivity index (χ1n) is 7.48. The van der Waals surface area contributed by atoms with Crippen LogP contribution in [0.25, 0.3) is 5.82 Å². The first-order valence-corrected chi connectivity index (χ1v) is 7.48. The van der Waals surface area contributed by atoms with E-state index in [0.717, 1.165) is 11.4 Å². The summed E-state index contributed by atoms with van der Waals surface area (Å²) in [5.74, 6) is 1.36. The highest BCUT2D eigenvalue weighted by Gasteiger charge is 2.08. The minimum Gasteiger partial charge on any atom is -0.363 e. The molecule has 3 aromatic rings. The molecule has 122 valence electrons. The molecule has 1 N–H and O–H groups in total. The number of nitrogens with zero attached hydrogens (tertiary/aromatic N) is 5. The Morgan fingerprint density at radius 2 is 2.00 bits per heavy atom. The second kappa shape index (κ2) is 6.91. The monoisotopic (exact) mass is 322 g/mol. The molecule has 1 amide bonds. The van der Waals surface area contributed by atoms with Gasteiger partial charge in [-0.2, -0.15) is 0 Å². The predicted octanol–water partition coefficient (Wildman–Crippen LogP) is 1.66. The standard InChI is InChI=1S/C17H18N6O/c1-22(2)15-9-13(3-5-19-15)11-21-17(24)14-4-6-20-16(10-14)23-8-7-18-12-23/h3-10,12H,11H2,1-2H3,(H,21,24). The molecule has 0 spiro atoms. The highest BCUT2D eigenvalue weighted by Crippen LogP contribution is 2.10. The van der Waals surface area contributed by atoms with Gasteiger partial charge in [0, 0.05) is 51.0 Å². The number of nitrogens with one attached hydrogen (secondary N) is 1. The van der Waals surface area contributed by atoms with Gasteiger partial charge in [-0.15, -0.1) is 0 Å². The van der Waals surface area contributed by atoms with Gasteiger partial charge in [0.05, 0.1) is 0 Å². The van der Waals surface area contributed by atoms with Gasteiger partial charge < -0.3 is 10.2 Å². The Labute approximate surface area is 140 Å². The Kier molecular flexibility index (Phi) is 4.51. The van der Waals surface area contributed by atoms with E-state index in [4.69, 9.17) is 0 Å². The molecule has 3 rings (SSSR count). The van der Waals surface area contributed by atoms with E-state index >= 15 is 0 Å². The van der Waals surface area contributed by atoms with Crippen LogP contribution in [-0.4, -0.2) is 39.5 Å². The van der Waals surface area contributed by atoms with E-state index in [1.165, 1.54) is 0 Å². The normalized spacial score (nSPS) is 10.4. The van der Waals surface area contributed by atoms with E-state index in [9.17, 15) is 4.79 Å². The van der Waals surface area contributed by atoms with Crippen LogP contribution >= 0.6 is 0 Å². The maximum absolute atomic E-state index is 12.4. The fourth-order valence-corrected chi connectivity index (χ4v) is 2.19. The minimum atomic E-state index is -0.151. The van der Waals surface area contributed by atoms with Gasteiger partial charge in [0.15, 0.2) is 0 Å². The van der Waals surface area contributed by atoms with Gasteiger partial charge in [0.2, 0.25) is 0 Å². The molecule has 3 heterocycles. The van der Waals surface area contributed by atoms with Crippen LogP contribution in [0.3, 0.4) is 0 Å². The molecule has 0 fully saturated rings. The molecule has 0 radical (unpaired) electrons. The summed E-state index contributed by atoms with van der Waals surface area (Å²) in [5.41, 5.74) is 1.54. The van der Waals surface area contributed by atoms with Gasteiger partial charge >= 0.3 is 0 Å². The molecule has 0 saturated heterocycles. The molecule has 0 aliphatic rings. The average Bonchev–Trinajstić information content (AvgIpc) is 3.15. The van der Waals surface area contributed by atoms with Crippen molar-refractivity contribution in [3.63, 3.8) is 0 Å². The molecule has 0 unspecified atom stereocenters. The Balaban J connectivity index is 1.69. The third kappa shape index (κ3) is 3.57. The molecule has 3 aromatic heterocycles. The van der Waals surface area contributed by atoms with E-state index in [1.54, 1.807) is 47.8 Å². The lowest BCUT2D eigenvalue weighted by Crippen LogP contribution is -2.23. The van der Waals surface area contributed by atoms with Crippen molar-refractivity contribution >= 4 is 11.7 Å². The van der Waals surface area contributed by atoms with Crippen molar-refractivity contribution in [2.45, 2.75) is 6.54 Å². The van der Waals surface area contributed by atoms with Crippen LogP contribution in [0.4, 0.5) is 5.82 Å². The van der Waals surface area contributed by atoms with Crippen molar-refractivity contribution < 1.29 is 4.79 Å². The molecule has 0 saturated carbocycles. The number of anilines is 1. The zero-order valence-electron chi connectivity index (χ0n) is 13.5. The largest absolute Gasteiger partial charge is 0.363 e. The van der Waals surface area contributed by atoms with Crippen molar-refractivity contribution in [3.05, 3.63) is 66.5 Å². The minimum absolute atomic E-state index is 0.151. The first kappa shape index (κ1) is 15.7. The maximum atomic E-state index is 12.4. The fraction of sp³-hybridized carbons (Fsp3) is 0.176. The molecule has 0 aliphatic carbocycles. The highest BCUT2D eigenvalue weighted by atomic mass is 16.1. The Hall–Kier alpha value is -3.22. The van der Waals surface area contributed by atoms with Crippen molar-refractivity contribution in [2.24, 2.45) is 0 Å². The van der Waals surface area contributed by atoms with E-state index < -0.39 is 0 Å². The smallest absolute Gasteiger partial charge is 0.251 e. The third-order valence-corrected chi connectivity index (χ3v) is 3.50. The number of aromatic nitrogens is 4. The zero-order valence-corrected chi connectivity index (χ0v) is 13.5. The molecule has 0 atom stereocenters. The van der Waals surface area contributed by atoms with Crippen LogP contribution in [0.15, 0.2) is 55.4 Å². The number of carbonyl (C=O) groups excluding carboxylic acids is 1. The number of rotatable bonds is 5. The summed E-state index contributed by atoms with van der Waals surface area (Å²) in [6, 6.07) is 7.25. The van der Waals surface area contributed by atoms with Crippen molar-refractivity contribution in [2.75, 3.05) is 19.0 Å². The van der Waals surface area contributed by atoms with Crippen LogP contribution in [0.5, 0.6) is 0 Å². The number of hydrogen-bond acceptors (Lipinski definition) is 5. The van der Waals surface area contributed by atoms with E-state index in [1.807, 2.05) is 31.1 Å². The topological polar surface area (TPSA) is 75.9 Å². The van der Waals surface area contributed by atoms with Gasteiger partial charge in [-0.3, -0.25) is 9.36 Å². The number of pyridine rings is 2. The molecular formula is C17H18N6O. The zero-order chi connectivity index (χ0) is 16.9. The van der Waals surface area contributed by atoms with E-state index in [2.05, 4.69) is 20.3 Å². The summed E-state index contributed by atoms with van der Waals surface area (Å²) >= 11 is 0. The quantitative estimate of drug-likeness (QED) is 0.773. The van der Waals surface area contributed by atoms with Crippen LogP contribution in [0.2, 0.25) is 0 Å². The highest BCUT2D eigenvalue weighted by molar-refractivity contribution is 5.94. The number of hydrogen-bond donors (Lipinski definition) is 1. The number of imidazole rings is 1. The maximum Gasteiger partial charge on any atom is 0.251 e. The molecule has 7 nitrogen and oxygen atoms in total. The molecular weight excluding hydrogens is 304 g/mol. The average molecular weight is 322 g/mol. The summed E-state index contributed by atoms with van der Waals surface area (Å²) in [6.45, 7) is 0.435. The second-order valence-electron chi connectivity index (χ2n) is 5.47. The Morgan fingerprint density at radius 1 is 1.17 bits per heavy atom. The van der Waals surface area contributed by atoms with Crippen molar-refractivity contribution in [3.8, 4) is 5.82 Å². The number of carbonyl (C=O) groups is 1. The van der Waals surface area contributed by atoms with Gasteiger partial charge in [-0.1, -0.05) is 0 Å². The lowest BCUT2D eigenvalue weighted by Gasteiger charge is -2.12. The Morgan fingerprint density at radius 3 is 2.75 bits per heavy atom. The summed E-state index contributed by atoms with van der Waals surface area (Å²) in [7, 11) is 3.86. The van der Waals surface area contributed by atoms with Crippen molar-refractivity contribution in [1.29, 1.82) is 0 Å². The van der Waals surface area contributed by atoms with Crippen molar-refractivity contribution in [1.82, 2.24) is 24.8 Å². The molecule has 24 heavy (non-hydrogen) atoms. The summed E-state index contributed by atoms with van der Waals surface area (Å²) in [5, 5.41) is 2.92. The lowest BCUT2D eigenvalue weighted by atomic mass is 10.2. The third-order valence-electron chi connectivity index (χ3n) is 3.50. The van der Waals surface area contributed by atoms with Crippen LogP contribution in [-0.2, 0) is 6.54 Å². The van der Waals surface area contributed by atoms with Gasteiger partial charge in [0.25, 0.3) is 5.91 Å².